The van der Waals surface area contributed by atoms with Crippen molar-refractivity contribution in [3.63, 3.8) is 0 Å². The molecule has 1 aromatic rings. The molecule has 0 aromatic heterocycles. The predicted molar refractivity (Wildman–Crippen MR) is 93.3 cm³/mol. The van der Waals surface area contributed by atoms with Crippen molar-refractivity contribution in [2.24, 2.45) is 5.92 Å². The van der Waals surface area contributed by atoms with Gasteiger partial charge in [-0.15, -0.1) is 0 Å². The summed E-state index contributed by atoms with van der Waals surface area (Å²) in [7, 11) is 0. The van der Waals surface area contributed by atoms with Crippen LogP contribution in [0.1, 0.15) is 45.1 Å². The van der Waals surface area contributed by atoms with Crippen LogP contribution in [0.4, 0.5) is 4.39 Å². The van der Waals surface area contributed by atoms with Gasteiger partial charge in [0.2, 0.25) is 0 Å². The minimum atomic E-state index is -0.336. The average molecular weight is 342 g/mol. The number of halogens is 1. The highest BCUT2D eigenvalue weighted by atomic mass is 19.1. The van der Waals surface area contributed by atoms with Crippen molar-refractivity contribution >= 4 is 12.0 Å². The molecule has 2 heterocycles. The van der Waals surface area contributed by atoms with Crippen LogP contribution in [0.2, 0.25) is 0 Å². The third kappa shape index (κ3) is 3.04. The highest BCUT2D eigenvalue weighted by molar-refractivity contribution is 5.96. The number of carbonyl (C=O) groups is 1. The lowest BCUT2D eigenvalue weighted by molar-refractivity contribution is -0.139. The van der Waals surface area contributed by atoms with E-state index in [1.165, 1.54) is 11.6 Å². The second-order valence-electron chi connectivity index (χ2n) is 7.58. The number of allylic oxidation sites excluding steroid dienone is 2. The number of epoxide rings is 1. The summed E-state index contributed by atoms with van der Waals surface area (Å²) in [6.07, 6.45) is 7.26. The Labute approximate surface area is 147 Å². The fraction of sp³-hybridized carbons (Fsp3) is 0.476. The Morgan fingerprint density at radius 1 is 1.32 bits per heavy atom. The van der Waals surface area contributed by atoms with Gasteiger partial charge in [-0.25, -0.2) is 9.18 Å². The summed E-state index contributed by atoms with van der Waals surface area (Å²) in [5.41, 5.74) is 2.11. The lowest BCUT2D eigenvalue weighted by atomic mass is 9.83. The molecule has 2 fully saturated rings. The zero-order valence-corrected chi connectivity index (χ0v) is 14.6. The van der Waals surface area contributed by atoms with Crippen LogP contribution < -0.4 is 0 Å². The second kappa shape index (κ2) is 6.10. The first-order valence-electron chi connectivity index (χ1n) is 8.98. The SMILES string of the molecule is C/C1=C\CC[C@@]2(C)O[C@H]2[C@H]2OC(=O)/C(=C/c3ccccc3F)[C@@H]2CC1. The molecule has 1 aromatic carbocycles. The van der Waals surface area contributed by atoms with Crippen molar-refractivity contribution < 1.29 is 18.7 Å². The zero-order valence-electron chi connectivity index (χ0n) is 14.6. The standard InChI is InChI=1S/C21H23FO3/c1-13-6-5-11-21(2)19(25-21)18-15(10-9-13)16(20(23)24-18)12-14-7-3-4-8-17(14)22/h3-4,6-8,12,15,18-19H,5,9-11H2,1-2H3/b13-6+,16-12+/t15-,18-,19-,21+/m0/s1. The van der Waals surface area contributed by atoms with E-state index < -0.39 is 0 Å². The number of hydrogen-bond acceptors (Lipinski definition) is 3. The van der Waals surface area contributed by atoms with Gasteiger partial charge in [-0.3, -0.25) is 0 Å². The monoisotopic (exact) mass is 342 g/mol. The van der Waals surface area contributed by atoms with Crippen molar-refractivity contribution in [3.05, 3.63) is 52.9 Å². The average Bonchev–Trinajstić information content (AvgIpc) is 3.14. The molecule has 4 rings (SSSR count). The third-order valence-electron chi connectivity index (χ3n) is 5.71. The van der Waals surface area contributed by atoms with Crippen molar-refractivity contribution in [1.82, 2.24) is 0 Å². The largest absolute Gasteiger partial charge is 0.455 e. The molecule has 2 aliphatic heterocycles. The van der Waals surface area contributed by atoms with Crippen LogP contribution in [0.3, 0.4) is 0 Å². The summed E-state index contributed by atoms with van der Waals surface area (Å²) in [5.74, 6) is -0.716. The van der Waals surface area contributed by atoms with Crippen LogP contribution in [-0.2, 0) is 14.3 Å². The van der Waals surface area contributed by atoms with Crippen LogP contribution in [-0.4, -0.2) is 23.8 Å². The maximum absolute atomic E-state index is 14.0. The first kappa shape index (κ1) is 16.5. The molecule has 4 heteroatoms. The van der Waals surface area contributed by atoms with E-state index in [9.17, 15) is 9.18 Å². The molecular weight excluding hydrogens is 319 g/mol. The number of benzene rings is 1. The molecular formula is C21H23FO3. The fourth-order valence-corrected chi connectivity index (χ4v) is 4.08. The first-order valence-corrected chi connectivity index (χ1v) is 8.98. The Kier molecular flexibility index (Phi) is 4.03. The van der Waals surface area contributed by atoms with Crippen molar-refractivity contribution in [2.45, 2.75) is 57.3 Å². The third-order valence-corrected chi connectivity index (χ3v) is 5.71. The van der Waals surface area contributed by atoms with Gasteiger partial charge < -0.3 is 9.47 Å². The molecule has 132 valence electrons. The lowest BCUT2D eigenvalue weighted by Gasteiger charge is -2.19. The lowest BCUT2D eigenvalue weighted by Crippen LogP contribution is -2.28. The highest BCUT2D eigenvalue weighted by Crippen LogP contribution is 2.50. The van der Waals surface area contributed by atoms with E-state index in [1.807, 2.05) is 0 Å². The summed E-state index contributed by atoms with van der Waals surface area (Å²) in [5, 5.41) is 0. The Morgan fingerprint density at radius 3 is 2.92 bits per heavy atom. The van der Waals surface area contributed by atoms with Gasteiger partial charge >= 0.3 is 5.97 Å². The quantitative estimate of drug-likeness (QED) is 0.328. The molecule has 0 radical (unpaired) electrons. The van der Waals surface area contributed by atoms with Crippen LogP contribution in [0, 0.1) is 11.7 Å². The van der Waals surface area contributed by atoms with Crippen LogP contribution >= 0.6 is 0 Å². The zero-order chi connectivity index (χ0) is 17.6. The molecule has 0 bridgehead atoms. The molecule has 3 nitrogen and oxygen atoms in total. The molecule has 3 aliphatic rings. The van der Waals surface area contributed by atoms with E-state index in [0.717, 1.165) is 25.7 Å². The van der Waals surface area contributed by atoms with Gasteiger partial charge in [0.15, 0.2) is 0 Å². The Balaban J connectivity index is 1.70. The highest BCUT2D eigenvalue weighted by Gasteiger charge is 2.61. The van der Waals surface area contributed by atoms with Crippen molar-refractivity contribution in [3.8, 4) is 0 Å². The second-order valence-corrected chi connectivity index (χ2v) is 7.58. The Bertz CT molecular complexity index is 766. The van der Waals surface area contributed by atoms with E-state index in [2.05, 4.69) is 19.9 Å². The van der Waals surface area contributed by atoms with Crippen LogP contribution in [0.25, 0.3) is 6.08 Å². The summed E-state index contributed by atoms with van der Waals surface area (Å²) < 4.78 is 25.7. The number of carbonyl (C=O) groups excluding carboxylic acids is 1. The molecule has 0 unspecified atom stereocenters. The molecule has 0 spiro atoms. The minimum absolute atomic E-state index is 0.0552. The van der Waals surface area contributed by atoms with Gasteiger partial charge in [-0.05, 0) is 51.7 Å². The number of rotatable bonds is 1. The number of ether oxygens (including phenoxy) is 2. The van der Waals surface area contributed by atoms with Gasteiger partial charge in [0.25, 0.3) is 0 Å². The number of fused-ring (bicyclic) bond motifs is 3. The van der Waals surface area contributed by atoms with Crippen molar-refractivity contribution in [2.75, 3.05) is 0 Å². The van der Waals surface area contributed by atoms with E-state index in [0.29, 0.717) is 11.1 Å². The summed E-state index contributed by atoms with van der Waals surface area (Å²) >= 11 is 0. The summed E-state index contributed by atoms with van der Waals surface area (Å²) in [4.78, 5) is 12.5. The van der Waals surface area contributed by atoms with E-state index in [4.69, 9.17) is 9.47 Å². The summed E-state index contributed by atoms with van der Waals surface area (Å²) in [6, 6.07) is 6.51. The van der Waals surface area contributed by atoms with Gasteiger partial charge in [-0.2, -0.15) is 0 Å². The van der Waals surface area contributed by atoms with Gasteiger partial charge in [0.05, 0.1) is 5.60 Å². The maximum Gasteiger partial charge on any atom is 0.334 e. The molecule has 0 saturated carbocycles. The predicted octanol–water partition coefficient (Wildman–Crippen LogP) is 4.43. The smallest absolute Gasteiger partial charge is 0.334 e. The fourth-order valence-electron chi connectivity index (χ4n) is 4.08. The molecule has 2 saturated heterocycles. The Morgan fingerprint density at radius 2 is 2.12 bits per heavy atom. The molecule has 25 heavy (non-hydrogen) atoms. The van der Waals surface area contributed by atoms with Gasteiger partial charge in [-0.1, -0.05) is 29.8 Å². The van der Waals surface area contributed by atoms with Crippen molar-refractivity contribution in [1.29, 1.82) is 0 Å². The molecule has 0 amide bonds. The maximum atomic E-state index is 14.0. The normalized spacial score (nSPS) is 38.4. The topological polar surface area (TPSA) is 38.8 Å². The minimum Gasteiger partial charge on any atom is -0.455 e. The van der Waals surface area contributed by atoms with E-state index >= 15 is 0 Å². The van der Waals surface area contributed by atoms with E-state index in [1.54, 1.807) is 24.3 Å². The van der Waals surface area contributed by atoms with Gasteiger partial charge in [0, 0.05) is 17.1 Å². The molecule has 1 aliphatic carbocycles. The molecule has 4 atom stereocenters. The van der Waals surface area contributed by atoms with E-state index in [-0.39, 0.29) is 35.5 Å². The Hall–Kier alpha value is -1.94. The first-order chi connectivity index (χ1) is 12.0. The van der Waals surface area contributed by atoms with Gasteiger partial charge in [0.1, 0.15) is 18.0 Å². The van der Waals surface area contributed by atoms with Crippen LogP contribution in [0.5, 0.6) is 0 Å². The molecule has 0 N–H and O–H groups in total. The summed E-state index contributed by atoms with van der Waals surface area (Å²) in [6.45, 7) is 4.22. The number of hydrogen-bond donors (Lipinski definition) is 0. The van der Waals surface area contributed by atoms with Crippen LogP contribution in [0.15, 0.2) is 41.5 Å². The number of esters is 1.